The number of amides is 2. The minimum absolute atomic E-state index is 0.0788. The minimum Gasteiger partial charge on any atom is -0.497 e. The first-order chi connectivity index (χ1) is 19.0. The second kappa shape index (κ2) is 15.2. The average Bonchev–Trinajstić information content (AvgIpc) is 2.97. The normalized spacial score (nSPS) is 10.4. The van der Waals surface area contributed by atoms with Gasteiger partial charge in [-0.15, -0.1) is 0 Å². The van der Waals surface area contributed by atoms with Crippen molar-refractivity contribution in [2.24, 2.45) is 0 Å². The summed E-state index contributed by atoms with van der Waals surface area (Å²) in [5, 5.41) is 5.82. The molecule has 206 valence electrons. The molecule has 0 bridgehead atoms. The zero-order chi connectivity index (χ0) is 28.0. The van der Waals surface area contributed by atoms with Crippen LogP contribution in [-0.4, -0.2) is 52.2 Å². The number of methoxy groups -OCH3 is 2. The van der Waals surface area contributed by atoms with Gasteiger partial charge in [0.15, 0.2) is 0 Å². The van der Waals surface area contributed by atoms with Crippen LogP contribution in [0.25, 0.3) is 6.08 Å². The smallest absolute Gasteiger partial charge is 0.256 e. The molecule has 0 aromatic heterocycles. The Hall–Kier alpha value is -4.26. The number of ether oxygens (including phenoxy) is 2. The van der Waals surface area contributed by atoms with E-state index in [9.17, 15) is 9.59 Å². The first-order valence-electron chi connectivity index (χ1n) is 13.4. The molecule has 3 aromatic rings. The van der Waals surface area contributed by atoms with Gasteiger partial charge >= 0.3 is 0 Å². The Morgan fingerprint density at radius 3 is 1.51 bits per heavy atom. The molecule has 7 heteroatoms. The SMILES string of the molecule is CCN(CC)c1ccc(C=C(C(=O)NCCc2ccc(OC)cc2)C(=O)NCCc2ccc(OC)cc2)cc1. The Labute approximate surface area is 231 Å². The van der Waals surface area contributed by atoms with Crippen molar-refractivity contribution in [3.05, 3.63) is 95.1 Å². The van der Waals surface area contributed by atoms with Gasteiger partial charge in [0.25, 0.3) is 11.8 Å². The van der Waals surface area contributed by atoms with Gasteiger partial charge in [-0.05, 0) is 85.9 Å². The van der Waals surface area contributed by atoms with Crippen LogP contribution in [0, 0.1) is 0 Å². The molecule has 39 heavy (non-hydrogen) atoms. The largest absolute Gasteiger partial charge is 0.497 e. The number of benzene rings is 3. The highest BCUT2D eigenvalue weighted by Crippen LogP contribution is 2.17. The lowest BCUT2D eigenvalue weighted by Crippen LogP contribution is -2.36. The summed E-state index contributed by atoms with van der Waals surface area (Å²) >= 11 is 0. The van der Waals surface area contributed by atoms with Crippen molar-refractivity contribution in [3.8, 4) is 11.5 Å². The summed E-state index contributed by atoms with van der Waals surface area (Å²) in [6.45, 7) is 6.85. The molecule has 3 rings (SSSR count). The molecule has 0 radical (unpaired) electrons. The molecule has 3 aromatic carbocycles. The lowest BCUT2D eigenvalue weighted by molar-refractivity contribution is -0.123. The van der Waals surface area contributed by atoms with Crippen LogP contribution >= 0.6 is 0 Å². The van der Waals surface area contributed by atoms with E-state index in [0.29, 0.717) is 25.9 Å². The van der Waals surface area contributed by atoms with Gasteiger partial charge in [0, 0.05) is 31.9 Å². The molecule has 0 aliphatic heterocycles. The van der Waals surface area contributed by atoms with Crippen LogP contribution in [0.4, 0.5) is 5.69 Å². The molecule has 0 aliphatic carbocycles. The number of hydrogen-bond donors (Lipinski definition) is 2. The Morgan fingerprint density at radius 2 is 1.13 bits per heavy atom. The molecule has 2 amide bonds. The van der Waals surface area contributed by atoms with Crippen LogP contribution in [0.5, 0.6) is 11.5 Å². The Morgan fingerprint density at radius 1 is 0.692 bits per heavy atom. The molecular formula is C32H39N3O4. The van der Waals surface area contributed by atoms with Gasteiger partial charge in [0.2, 0.25) is 0 Å². The number of carbonyl (C=O) groups excluding carboxylic acids is 2. The standard InChI is InChI=1S/C32H39N3O4/c1-5-35(6-2)27-13-7-26(8-14-27)23-30(31(36)33-21-19-24-9-15-28(38-3)16-10-24)32(37)34-22-20-25-11-17-29(39-4)18-12-25/h7-18,23H,5-6,19-22H2,1-4H3,(H,33,36)(H,34,37). The van der Waals surface area contributed by atoms with Crippen molar-refractivity contribution in [1.29, 1.82) is 0 Å². The van der Waals surface area contributed by atoms with Crippen molar-refractivity contribution in [2.75, 3.05) is 45.3 Å². The molecule has 7 nitrogen and oxygen atoms in total. The topological polar surface area (TPSA) is 79.9 Å². The van der Waals surface area contributed by atoms with Crippen molar-refractivity contribution in [1.82, 2.24) is 10.6 Å². The number of nitrogens with one attached hydrogen (secondary N) is 2. The van der Waals surface area contributed by atoms with Crippen LogP contribution in [0.3, 0.4) is 0 Å². The fourth-order valence-electron chi connectivity index (χ4n) is 4.19. The summed E-state index contributed by atoms with van der Waals surface area (Å²) in [7, 11) is 3.25. The maximum atomic E-state index is 13.2. The minimum atomic E-state index is -0.404. The molecule has 0 aliphatic rings. The first kappa shape index (κ1) is 29.3. The van der Waals surface area contributed by atoms with Crippen molar-refractivity contribution < 1.29 is 19.1 Å². The second-order valence-corrected chi connectivity index (χ2v) is 9.03. The monoisotopic (exact) mass is 529 g/mol. The molecule has 0 unspecified atom stereocenters. The molecule has 0 spiro atoms. The Kier molecular flexibility index (Phi) is 11.4. The second-order valence-electron chi connectivity index (χ2n) is 9.03. The molecule has 2 N–H and O–H groups in total. The molecule has 0 atom stereocenters. The lowest BCUT2D eigenvalue weighted by atomic mass is 10.1. The maximum Gasteiger partial charge on any atom is 0.256 e. The number of hydrogen-bond acceptors (Lipinski definition) is 5. The van der Waals surface area contributed by atoms with Gasteiger partial charge in [-0.25, -0.2) is 0 Å². The van der Waals surface area contributed by atoms with Crippen LogP contribution in [0.2, 0.25) is 0 Å². The number of rotatable bonds is 14. The molecule has 0 fully saturated rings. The summed E-state index contributed by atoms with van der Waals surface area (Å²) in [4.78, 5) is 28.6. The highest BCUT2D eigenvalue weighted by atomic mass is 16.5. The van der Waals surface area contributed by atoms with Gasteiger partial charge in [-0.2, -0.15) is 0 Å². The highest BCUT2D eigenvalue weighted by molar-refractivity contribution is 6.21. The van der Waals surface area contributed by atoms with Crippen molar-refractivity contribution >= 4 is 23.6 Å². The summed E-state index contributed by atoms with van der Waals surface area (Å²) in [5.41, 5.74) is 4.10. The molecule has 0 saturated heterocycles. The van der Waals surface area contributed by atoms with E-state index >= 15 is 0 Å². The number of nitrogens with zero attached hydrogens (tertiary/aromatic N) is 1. The Bertz CT molecular complexity index is 1150. The van der Waals surface area contributed by atoms with Crippen molar-refractivity contribution in [2.45, 2.75) is 26.7 Å². The van der Waals surface area contributed by atoms with E-state index in [-0.39, 0.29) is 5.57 Å². The van der Waals surface area contributed by atoms with Gasteiger partial charge in [-0.1, -0.05) is 36.4 Å². The van der Waals surface area contributed by atoms with Gasteiger partial charge in [-0.3, -0.25) is 9.59 Å². The zero-order valence-corrected chi connectivity index (χ0v) is 23.3. The predicted molar refractivity (Wildman–Crippen MR) is 157 cm³/mol. The average molecular weight is 530 g/mol. The van der Waals surface area contributed by atoms with Crippen LogP contribution in [0.15, 0.2) is 78.4 Å². The number of anilines is 1. The van der Waals surface area contributed by atoms with Crippen molar-refractivity contribution in [3.63, 3.8) is 0 Å². The van der Waals surface area contributed by atoms with Crippen LogP contribution in [-0.2, 0) is 22.4 Å². The summed E-state index contributed by atoms with van der Waals surface area (Å²) in [6.07, 6.45) is 2.93. The van der Waals surface area contributed by atoms with Gasteiger partial charge < -0.3 is 25.0 Å². The van der Waals surface area contributed by atoms with E-state index in [1.165, 1.54) is 0 Å². The van der Waals surface area contributed by atoms with E-state index in [1.54, 1.807) is 20.3 Å². The van der Waals surface area contributed by atoms with E-state index in [1.807, 2.05) is 72.8 Å². The van der Waals surface area contributed by atoms with Crippen LogP contribution < -0.4 is 25.0 Å². The maximum absolute atomic E-state index is 13.2. The lowest BCUT2D eigenvalue weighted by Gasteiger charge is -2.21. The molecule has 0 heterocycles. The third-order valence-corrected chi connectivity index (χ3v) is 6.54. The third kappa shape index (κ3) is 8.92. The predicted octanol–water partition coefficient (Wildman–Crippen LogP) is 4.65. The van der Waals surface area contributed by atoms with Gasteiger partial charge in [0.05, 0.1) is 14.2 Å². The summed E-state index contributed by atoms with van der Waals surface area (Å²) in [5.74, 6) is 0.759. The van der Waals surface area contributed by atoms with E-state index in [2.05, 4.69) is 29.4 Å². The first-order valence-corrected chi connectivity index (χ1v) is 13.4. The molecular weight excluding hydrogens is 490 g/mol. The van der Waals surface area contributed by atoms with E-state index < -0.39 is 11.8 Å². The quantitative estimate of drug-likeness (QED) is 0.181. The highest BCUT2D eigenvalue weighted by Gasteiger charge is 2.18. The van der Waals surface area contributed by atoms with Crippen LogP contribution in [0.1, 0.15) is 30.5 Å². The Balaban J connectivity index is 1.69. The van der Waals surface area contributed by atoms with E-state index in [0.717, 1.165) is 47.0 Å². The number of carbonyl (C=O) groups is 2. The third-order valence-electron chi connectivity index (χ3n) is 6.54. The molecule has 0 saturated carbocycles. The van der Waals surface area contributed by atoms with Gasteiger partial charge in [0.1, 0.15) is 17.1 Å². The zero-order valence-electron chi connectivity index (χ0n) is 23.3. The fourth-order valence-corrected chi connectivity index (χ4v) is 4.19. The van der Waals surface area contributed by atoms with E-state index in [4.69, 9.17) is 9.47 Å². The summed E-state index contributed by atoms with van der Waals surface area (Å²) in [6, 6.07) is 23.3. The summed E-state index contributed by atoms with van der Waals surface area (Å²) < 4.78 is 10.4. The fraction of sp³-hybridized carbons (Fsp3) is 0.312.